The van der Waals surface area contributed by atoms with Crippen molar-refractivity contribution in [1.29, 1.82) is 0 Å². The van der Waals surface area contributed by atoms with Gasteiger partial charge in [-0.2, -0.15) is 0 Å². The molecule has 1 aromatic rings. The van der Waals surface area contributed by atoms with Crippen LogP contribution in [-0.4, -0.2) is 20.7 Å². The molecule has 0 atom stereocenters. The number of hydrogen-bond acceptors (Lipinski definition) is 3. The van der Waals surface area contributed by atoms with Crippen molar-refractivity contribution in [2.75, 3.05) is 6.54 Å². The fourth-order valence-corrected chi connectivity index (χ4v) is 2.64. The molecule has 1 N–H and O–H groups in total. The number of Topliss-reactive ketones (excluding diaryl/α,β-unsaturated/α-hetero) is 1. The molecular formula is C14H17NO3S. The number of nitrogens with one attached hydrogen (secondary N) is 1. The van der Waals surface area contributed by atoms with Crippen LogP contribution in [0.5, 0.6) is 0 Å². The van der Waals surface area contributed by atoms with E-state index < -0.39 is 10.0 Å². The maximum absolute atomic E-state index is 12.0. The van der Waals surface area contributed by atoms with Crippen LogP contribution in [0.3, 0.4) is 0 Å². The van der Waals surface area contributed by atoms with Gasteiger partial charge in [0.15, 0.2) is 5.78 Å². The second-order valence-corrected chi connectivity index (χ2v) is 5.91. The summed E-state index contributed by atoms with van der Waals surface area (Å²) in [5.41, 5.74) is 0.384. The van der Waals surface area contributed by atoms with Gasteiger partial charge >= 0.3 is 0 Å². The van der Waals surface area contributed by atoms with Crippen LogP contribution in [0.1, 0.15) is 36.5 Å². The number of rotatable bonds is 7. The number of unbranched alkanes of at least 4 members (excludes halogenated alkanes) is 2. The van der Waals surface area contributed by atoms with Crippen LogP contribution in [0.25, 0.3) is 0 Å². The fourth-order valence-electron chi connectivity index (χ4n) is 1.52. The van der Waals surface area contributed by atoms with Crippen LogP contribution < -0.4 is 4.72 Å². The van der Waals surface area contributed by atoms with Gasteiger partial charge in [0.25, 0.3) is 0 Å². The van der Waals surface area contributed by atoms with Gasteiger partial charge in [0, 0.05) is 18.5 Å². The van der Waals surface area contributed by atoms with Gasteiger partial charge in [0.2, 0.25) is 10.0 Å². The van der Waals surface area contributed by atoms with E-state index in [1.807, 2.05) is 0 Å². The molecule has 4 nitrogen and oxygen atoms in total. The number of hydrogen-bond donors (Lipinski definition) is 1. The van der Waals surface area contributed by atoms with E-state index in [9.17, 15) is 13.2 Å². The molecule has 0 saturated heterocycles. The highest BCUT2D eigenvalue weighted by molar-refractivity contribution is 7.89. The molecule has 0 aliphatic heterocycles. The number of carbonyl (C=O) groups excluding carboxylic acids is 1. The van der Waals surface area contributed by atoms with Crippen LogP contribution >= 0.6 is 0 Å². The molecule has 19 heavy (non-hydrogen) atoms. The molecule has 0 spiro atoms. The molecule has 0 unspecified atom stereocenters. The number of ketones is 1. The summed E-state index contributed by atoms with van der Waals surface area (Å²) in [6.45, 7) is 1.74. The SMILES string of the molecule is C#CCCCCNS(=O)(=O)c1cccc(C(C)=O)c1. The van der Waals surface area contributed by atoms with Crippen molar-refractivity contribution in [2.45, 2.75) is 31.1 Å². The van der Waals surface area contributed by atoms with Gasteiger partial charge in [-0.05, 0) is 31.9 Å². The first-order valence-corrected chi connectivity index (χ1v) is 7.50. The minimum Gasteiger partial charge on any atom is -0.295 e. The topological polar surface area (TPSA) is 63.2 Å². The summed E-state index contributed by atoms with van der Waals surface area (Å²) in [4.78, 5) is 11.3. The molecule has 102 valence electrons. The molecule has 0 radical (unpaired) electrons. The molecular weight excluding hydrogens is 262 g/mol. The maximum atomic E-state index is 12.0. The largest absolute Gasteiger partial charge is 0.295 e. The Morgan fingerprint density at radius 2 is 2.11 bits per heavy atom. The summed E-state index contributed by atoms with van der Waals surface area (Å²) in [5.74, 6) is 2.34. The predicted octanol–water partition coefficient (Wildman–Crippen LogP) is 1.97. The summed E-state index contributed by atoms with van der Waals surface area (Å²) in [6.07, 6.45) is 7.23. The standard InChI is InChI=1S/C14H17NO3S/c1-3-4-5-6-10-15-19(17,18)14-9-7-8-13(11-14)12(2)16/h1,7-9,11,15H,4-6,10H2,2H3. The average Bonchev–Trinajstić information content (AvgIpc) is 2.38. The Kier molecular flexibility index (Phi) is 5.74. The molecule has 0 bridgehead atoms. The Balaban J connectivity index is 2.70. The highest BCUT2D eigenvalue weighted by Gasteiger charge is 2.14. The van der Waals surface area contributed by atoms with Crippen molar-refractivity contribution in [3.05, 3.63) is 29.8 Å². The normalized spacial score (nSPS) is 10.9. The maximum Gasteiger partial charge on any atom is 0.240 e. The molecule has 1 aromatic carbocycles. The Labute approximate surface area is 114 Å². The quantitative estimate of drug-likeness (QED) is 0.471. The van der Waals surface area contributed by atoms with E-state index in [-0.39, 0.29) is 10.7 Å². The lowest BCUT2D eigenvalue weighted by atomic mass is 10.2. The summed E-state index contributed by atoms with van der Waals surface area (Å²) in [5, 5.41) is 0. The monoisotopic (exact) mass is 279 g/mol. The number of sulfonamides is 1. The zero-order valence-electron chi connectivity index (χ0n) is 10.8. The van der Waals surface area contributed by atoms with Crippen LogP contribution in [0.4, 0.5) is 0 Å². The smallest absolute Gasteiger partial charge is 0.240 e. The first-order valence-electron chi connectivity index (χ1n) is 6.01. The number of benzene rings is 1. The van der Waals surface area contributed by atoms with E-state index in [0.29, 0.717) is 24.9 Å². The lowest BCUT2D eigenvalue weighted by molar-refractivity contribution is 0.101. The predicted molar refractivity (Wildman–Crippen MR) is 74.3 cm³/mol. The second kappa shape index (κ2) is 7.07. The molecule has 0 fully saturated rings. The van der Waals surface area contributed by atoms with E-state index >= 15 is 0 Å². The minimum absolute atomic E-state index is 0.108. The Hall–Kier alpha value is -1.64. The highest BCUT2D eigenvalue weighted by Crippen LogP contribution is 2.12. The third kappa shape index (κ3) is 4.86. The van der Waals surface area contributed by atoms with Crippen molar-refractivity contribution >= 4 is 15.8 Å². The Morgan fingerprint density at radius 1 is 1.37 bits per heavy atom. The molecule has 0 aromatic heterocycles. The summed E-state index contributed by atoms with van der Waals surface area (Å²) in [6, 6.07) is 6.00. The Bertz CT molecular complexity index is 585. The van der Waals surface area contributed by atoms with Gasteiger partial charge in [-0.1, -0.05) is 12.1 Å². The molecule has 0 aliphatic rings. The molecule has 0 saturated carbocycles. The van der Waals surface area contributed by atoms with E-state index in [2.05, 4.69) is 10.6 Å². The van der Waals surface area contributed by atoms with Gasteiger partial charge in [-0.25, -0.2) is 13.1 Å². The molecule has 0 amide bonds. The van der Waals surface area contributed by atoms with E-state index in [1.54, 1.807) is 12.1 Å². The number of carbonyl (C=O) groups is 1. The van der Waals surface area contributed by atoms with Crippen LogP contribution in [0.15, 0.2) is 29.2 Å². The van der Waals surface area contributed by atoms with Crippen molar-refractivity contribution in [1.82, 2.24) is 4.72 Å². The third-order valence-corrected chi connectivity index (χ3v) is 4.05. The van der Waals surface area contributed by atoms with Gasteiger partial charge in [0.1, 0.15) is 0 Å². The zero-order chi connectivity index (χ0) is 14.3. The van der Waals surface area contributed by atoms with E-state index in [4.69, 9.17) is 6.42 Å². The fraction of sp³-hybridized carbons (Fsp3) is 0.357. The number of terminal acetylenes is 1. The third-order valence-electron chi connectivity index (χ3n) is 2.59. The first kappa shape index (κ1) is 15.4. The minimum atomic E-state index is -3.56. The van der Waals surface area contributed by atoms with Gasteiger partial charge in [-0.3, -0.25) is 4.79 Å². The highest BCUT2D eigenvalue weighted by atomic mass is 32.2. The second-order valence-electron chi connectivity index (χ2n) is 4.14. The van der Waals surface area contributed by atoms with Crippen molar-refractivity contribution < 1.29 is 13.2 Å². The first-order chi connectivity index (χ1) is 8.97. The molecule has 1 rings (SSSR count). The molecule has 0 heterocycles. The summed E-state index contributed by atoms with van der Waals surface area (Å²) in [7, 11) is -3.56. The van der Waals surface area contributed by atoms with Gasteiger partial charge < -0.3 is 0 Å². The van der Waals surface area contributed by atoms with E-state index in [0.717, 1.165) is 6.42 Å². The lowest BCUT2D eigenvalue weighted by Crippen LogP contribution is -2.25. The van der Waals surface area contributed by atoms with Crippen molar-refractivity contribution in [2.24, 2.45) is 0 Å². The van der Waals surface area contributed by atoms with Crippen LogP contribution in [-0.2, 0) is 10.0 Å². The Morgan fingerprint density at radius 3 is 2.74 bits per heavy atom. The van der Waals surface area contributed by atoms with Gasteiger partial charge in [0.05, 0.1) is 4.90 Å². The van der Waals surface area contributed by atoms with Crippen molar-refractivity contribution in [3.8, 4) is 12.3 Å². The van der Waals surface area contributed by atoms with Gasteiger partial charge in [-0.15, -0.1) is 12.3 Å². The van der Waals surface area contributed by atoms with Crippen molar-refractivity contribution in [3.63, 3.8) is 0 Å². The zero-order valence-corrected chi connectivity index (χ0v) is 11.7. The summed E-state index contributed by atoms with van der Waals surface area (Å²) >= 11 is 0. The van der Waals surface area contributed by atoms with Crippen LogP contribution in [0.2, 0.25) is 0 Å². The average molecular weight is 279 g/mol. The summed E-state index contributed by atoms with van der Waals surface area (Å²) < 4.78 is 26.4. The van der Waals surface area contributed by atoms with E-state index in [1.165, 1.54) is 19.1 Å². The molecule has 0 aliphatic carbocycles. The molecule has 5 heteroatoms. The lowest BCUT2D eigenvalue weighted by Gasteiger charge is -2.07. The van der Waals surface area contributed by atoms with Crippen LogP contribution in [0, 0.1) is 12.3 Å².